The normalized spacial score (nSPS) is 18.5. The van der Waals surface area contributed by atoms with Crippen molar-refractivity contribution in [1.29, 1.82) is 0 Å². The van der Waals surface area contributed by atoms with Crippen molar-refractivity contribution < 1.29 is 0 Å². The van der Waals surface area contributed by atoms with Crippen molar-refractivity contribution in [3.63, 3.8) is 0 Å². The summed E-state index contributed by atoms with van der Waals surface area (Å²) in [6.45, 7) is 10.2. The van der Waals surface area contributed by atoms with Crippen molar-refractivity contribution in [2.45, 2.75) is 45.1 Å². The lowest BCUT2D eigenvalue weighted by atomic mass is 9.81. The van der Waals surface area contributed by atoms with Gasteiger partial charge in [-0.05, 0) is 31.4 Å². The summed E-state index contributed by atoms with van der Waals surface area (Å²) in [5.41, 5.74) is 1.62. The maximum Gasteiger partial charge on any atom is 0.0177 e. The molecule has 1 unspecified atom stereocenters. The maximum absolute atomic E-state index is 3.63. The van der Waals surface area contributed by atoms with Gasteiger partial charge in [-0.25, -0.2) is 0 Å². The van der Waals surface area contributed by atoms with Crippen LogP contribution >= 0.6 is 0 Å². The Morgan fingerprint density at radius 2 is 1.90 bits per heavy atom. The smallest absolute Gasteiger partial charge is 0.0177 e. The summed E-state index contributed by atoms with van der Waals surface area (Å²) in [6.07, 6.45) is 2.85. The molecule has 1 aliphatic rings. The van der Waals surface area contributed by atoms with Gasteiger partial charge in [-0.1, -0.05) is 51.1 Å². The third kappa shape index (κ3) is 4.60. The standard InChI is InChI=1S/C18H30N2/c1-15(2)19-13-18(3,17-8-6-5-7-9-17)14-20(4)12-16-10-11-16/h5-9,15-16,19H,10-14H2,1-4H3. The van der Waals surface area contributed by atoms with Gasteiger partial charge in [0.2, 0.25) is 0 Å². The third-order valence-corrected chi connectivity index (χ3v) is 4.26. The number of benzene rings is 1. The number of nitrogens with zero attached hydrogens (tertiary/aromatic N) is 1. The van der Waals surface area contributed by atoms with Crippen molar-refractivity contribution in [1.82, 2.24) is 10.2 Å². The van der Waals surface area contributed by atoms with E-state index < -0.39 is 0 Å². The van der Waals surface area contributed by atoms with E-state index in [-0.39, 0.29) is 5.41 Å². The summed E-state index contributed by atoms with van der Waals surface area (Å²) in [5, 5.41) is 3.63. The lowest BCUT2D eigenvalue weighted by Gasteiger charge is -2.35. The summed E-state index contributed by atoms with van der Waals surface area (Å²) < 4.78 is 0. The summed E-state index contributed by atoms with van der Waals surface area (Å²) >= 11 is 0. The van der Waals surface area contributed by atoms with E-state index in [0.29, 0.717) is 6.04 Å². The van der Waals surface area contributed by atoms with Crippen LogP contribution in [0, 0.1) is 5.92 Å². The fourth-order valence-corrected chi connectivity index (χ4v) is 2.92. The van der Waals surface area contributed by atoms with Crippen molar-refractivity contribution in [2.75, 3.05) is 26.7 Å². The molecule has 1 aliphatic carbocycles. The molecule has 1 fully saturated rings. The minimum atomic E-state index is 0.176. The predicted molar refractivity (Wildman–Crippen MR) is 87.2 cm³/mol. The van der Waals surface area contributed by atoms with Crippen LogP contribution in [0.15, 0.2) is 30.3 Å². The van der Waals surface area contributed by atoms with E-state index in [2.05, 4.69) is 68.4 Å². The van der Waals surface area contributed by atoms with E-state index in [9.17, 15) is 0 Å². The van der Waals surface area contributed by atoms with Crippen LogP contribution < -0.4 is 5.32 Å². The van der Waals surface area contributed by atoms with Crippen LogP contribution in [0.5, 0.6) is 0 Å². The summed E-state index contributed by atoms with van der Waals surface area (Å²) in [6, 6.07) is 11.5. The molecule has 0 saturated heterocycles. The van der Waals surface area contributed by atoms with Gasteiger partial charge < -0.3 is 10.2 Å². The molecule has 1 atom stereocenters. The van der Waals surface area contributed by atoms with E-state index in [1.807, 2.05) is 0 Å². The van der Waals surface area contributed by atoms with Crippen LogP contribution in [0.25, 0.3) is 0 Å². The molecule has 112 valence electrons. The highest BCUT2D eigenvalue weighted by atomic mass is 15.1. The highest BCUT2D eigenvalue weighted by Gasteiger charge is 2.30. The number of rotatable bonds is 8. The van der Waals surface area contributed by atoms with Gasteiger partial charge in [-0.2, -0.15) is 0 Å². The molecule has 0 spiro atoms. The second-order valence-corrected chi connectivity index (χ2v) is 7.10. The Morgan fingerprint density at radius 1 is 1.25 bits per heavy atom. The zero-order valence-corrected chi connectivity index (χ0v) is 13.5. The monoisotopic (exact) mass is 274 g/mol. The number of likely N-dealkylation sites (N-methyl/N-ethyl adjacent to an activating group) is 1. The molecule has 0 bridgehead atoms. The molecule has 1 aromatic rings. The molecule has 1 aromatic carbocycles. The Bertz CT molecular complexity index is 397. The summed E-state index contributed by atoms with van der Waals surface area (Å²) in [4.78, 5) is 2.52. The highest BCUT2D eigenvalue weighted by Crippen LogP contribution is 2.31. The topological polar surface area (TPSA) is 15.3 Å². The largest absolute Gasteiger partial charge is 0.314 e. The van der Waals surface area contributed by atoms with Gasteiger partial charge in [0.1, 0.15) is 0 Å². The van der Waals surface area contributed by atoms with Gasteiger partial charge in [0.05, 0.1) is 0 Å². The first-order chi connectivity index (χ1) is 9.49. The average molecular weight is 274 g/mol. The Balaban J connectivity index is 2.05. The van der Waals surface area contributed by atoms with Crippen LogP contribution in [0.3, 0.4) is 0 Å². The van der Waals surface area contributed by atoms with E-state index in [1.54, 1.807) is 0 Å². The zero-order chi connectivity index (χ0) is 14.6. The summed E-state index contributed by atoms with van der Waals surface area (Å²) in [5.74, 6) is 0.957. The molecule has 0 heterocycles. The van der Waals surface area contributed by atoms with Gasteiger partial charge in [-0.3, -0.25) is 0 Å². The quantitative estimate of drug-likeness (QED) is 0.782. The van der Waals surface area contributed by atoms with Crippen LogP contribution in [-0.2, 0) is 5.41 Å². The molecule has 0 aliphatic heterocycles. The molecular weight excluding hydrogens is 244 g/mol. The van der Waals surface area contributed by atoms with E-state index >= 15 is 0 Å². The maximum atomic E-state index is 3.63. The van der Waals surface area contributed by atoms with Gasteiger partial charge in [0.15, 0.2) is 0 Å². The molecule has 2 rings (SSSR count). The number of hydrogen-bond acceptors (Lipinski definition) is 2. The highest BCUT2D eigenvalue weighted by molar-refractivity contribution is 5.25. The zero-order valence-electron chi connectivity index (χ0n) is 13.5. The van der Waals surface area contributed by atoms with E-state index in [1.165, 1.54) is 24.9 Å². The fraction of sp³-hybridized carbons (Fsp3) is 0.667. The Labute approximate surface area is 124 Å². The molecule has 1 saturated carbocycles. The minimum absolute atomic E-state index is 0.176. The summed E-state index contributed by atoms with van der Waals surface area (Å²) in [7, 11) is 2.27. The van der Waals surface area contributed by atoms with Crippen molar-refractivity contribution >= 4 is 0 Å². The van der Waals surface area contributed by atoms with Crippen LogP contribution in [0.1, 0.15) is 39.2 Å². The van der Waals surface area contributed by atoms with Crippen molar-refractivity contribution in [3.8, 4) is 0 Å². The van der Waals surface area contributed by atoms with Crippen LogP contribution in [0.4, 0.5) is 0 Å². The van der Waals surface area contributed by atoms with Gasteiger partial charge >= 0.3 is 0 Å². The average Bonchev–Trinajstić information content (AvgIpc) is 3.21. The van der Waals surface area contributed by atoms with Gasteiger partial charge in [0, 0.05) is 31.1 Å². The third-order valence-electron chi connectivity index (χ3n) is 4.26. The van der Waals surface area contributed by atoms with Crippen LogP contribution in [0.2, 0.25) is 0 Å². The van der Waals surface area contributed by atoms with Crippen molar-refractivity contribution in [2.24, 2.45) is 5.92 Å². The Kier molecular flexibility index (Phi) is 5.22. The Morgan fingerprint density at radius 3 is 2.45 bits per heavy atom. The lowest BCUT2D eigenvalue weighted by molar-refractivity contribution is 0.239. The fourth-order valence-electron chi connectivity index (χ4n) is 2.92. The van der Waals surface area contributed by atoms with E-state index in [4.69, 9.17) is 0 Å². The van der Waals surface area contributed by atoms with E-state index in [0.717, 1.165) is 19.0 Å². The van der Waals surface area contributed by atoms with Crippen molar-refractivity contribution in [3.05, 3.63) is 35.9 Å². The molecule has 0 radical (unpaired) electrons. The Hall–Kier alpha value is -0.860. The van der Waals surface area contributed by atoms with Gasteiger partial charge in [-0.15, -0.1) is 0 Å². The minimum Gasteiger partial charge on any atom is -0.314 e. The molecular formula is C18H30N2. The molecule has 20 heavy (non-hydrogen) atoms. The molecule has 0 aromatic heterocycles. The SMILES string of the molecule is CC(C)NCC(C)(CN(C)CC1CC1)c1ccccc1. The first kappa shape index (κ1) is 15.5. The molecule has 0 amide bonds. The second-order valence-electron chi connectivity index (χ2n) is 7.10. The molecule has 1 N–H and O–H groups in total. The number of nitrogens with one attached hydrogen (secondary N) is 1. The molecule has 2 heteroatoms. The predicted octanol–water partition coefficient (Wildman–Crippen LogP) is 3.28. The second kappa shape index (κ2) is 6.73. The van der Waals surface area contributed by atoms with Crippen LogP contribution in [-0.4, -0.2) is 37.6 Å². The lowest BCUT2D eigenvalue weighted by Crippen LogP contribution is -2.46. The first-order valence-corrected chi connectivity index (χ1v) is 7.97. The number of hydrogen-bond donors (Lipinski definition) is 1. The first-order valence-electron chi connectivity index (χ1n) is 7.97. The molecule has 2 nitrogen and oxygen atoms in total. The van der Waals surface area contributed by atoms with Gasteiger partial charge in [0.25, 0.3) is 0 Å².